The average Bonchev–Trinajstić information content (AvgIpc) is 3.31. The Bertz CT molecular complexity index is 1560. The molecule has 0 saturated carbocycles. The average molecular weight is 472 g/mol. The van der Waals surface area contributed by atoms with E-state index in [4.69, 9.17) is 4.74 Å². The van der Waals surface area contributed by atoms with E-state index in [0.29, 0.717) is 38.3 Å². The smallest absolute Gasteiger partial charge is 0.338 e. The standard InChI is InChI=1S/C26H21N3O4S/c1-4-14-28-18-13-9-8-12-17(18)20(23(28)30)22-24(31)29-21(16-10-6-5-7-11-16)19(25(32)33-3)15(2)27-26(29)34-22/h4-13,21H,1,14H2,2-3H3/b22-20-/t21-/m0/s1. The van der Waals surface area contributed by atoms with Crippen LogP contribution in [-0.2, 0) is 14.3 Å². The summed E-state index contributed by atoms with van der Waals surface area (Å²) >= 11 is 1.16. The van der Waals surface area contributed by atoms with Crippen molar-refractivity contribution in [1.82, 2.24) is 4.57 Å². The number of hydrogen-bond donors (Lipinski definition) is 0. The molecule has 8 heteroatoms. The van der Waals surface area contributed by atoms with Gasteiger partial charge in [-0.3, -0.25) is 14.2 Å². The van der Waals surface area contributed by atoms with Crippen LogP contribution in [0.5, 0.6) is 0 Å². The molecule has 1 atom stereocenters. The molecule has 0 saturated heterocycles. The van der Waals surface area contributed by atoms with Crippen LogP contribution in [0.1, 0.15) is 24.1 Å². The number of rotatable bonds is 4. The number of thiazole rings is 1. The van der Waals surface area contributed by atoms with E-state index in [0.717, 1.165) is 22.6 Å². The molecule has 0 fully saturated rings. The van der Waals surface area contributed by atoms with E-state index >= 15 is 0 Å². The highest BCUT2D eigenvalue weighted by atomic mass is 32.1. The Balaban J connectivity index is 1.84. The van der Waals surface area contributed by atoms with Crippen LogP contribution in [-0.4, -0.2) is 30.1 Å². The first-order chi connectivity index (χ1) is 16.5. The number of carbonyl (C=O) groups excluding carboxylic acids is 2. The van der Waals surface area contributed by atoms with Gasteiger partial charge in [0.15, 0.2) is 4.80 Å². The molecule has 0 unspecified atom stereocenters. The summed E-state index contributed by atoms with van der Waals surface area (Å²) in [6, 6.07) is 16.0. The van der Waals surface area contributed by atoms with Gasteiger partial charge >= 0.3 is 5.97 Å². The molecule has 2 aliphatic heterocycles. The third kappa shape index (κ3) is 3.18. The Morgan fingerprint density at radius 3 is 2.56 bits per heavy atom. The molecular weight excluding hydrogens is 450 g/mol. The molecule has 0 N–H and O–H groups in total. The first-order valence-electron chi connectivity index (χ1n) is 10.7. The lowest BCUT2D eigenvalue weighted by Crippen LogP contribution is -2.40. The fourth-order valence-corrected chi connectivity index (χ4v) is 5.64. The molecule has 3 heterocycles. The van der Waals surface area contributed by atoms with E-state index < -0.39 is 12.0 Å². The molecule has 0 bridgehead atoms. The third-order valence-electron chi connectivity index (χ3n) is 5.98. The van der Waals surface area contributed by atoms with Crippen LogP contribution >= 0.6 is 11.3 Å². The fourth-order valence-electron chi connectivity index (χ4n) is 4.50. The van der Waals surface area contributed by atoms with Crippen molar-refractivity contribution in [1.29, 1.82) is 0 Å². The number of esters is 1. The number of amides is 1. The van der Waals surface area contributed by atoms with Crippen LogP contribution < -0.4 is 19.8 Å². The Morgan fingerprint density at radius 2 is 1.85 bits per heavy atom. The minimum Gasteiger partial charge on any atom is -0.466 e. The predicted molar refractivity (Wildman–Crippen MR) is 130 cm³/mol. The van der Waals surface area contributed by atoms with Crippen LogP contribution in [0, 0.1) is 0 Å². The van der Waals surface area contributed by atoms with Crippen LogP contribution in [0.15, 0.2) is 88.3 Å². The number of nitrogens with zero attached hydrogens (tertiary/aromatic N) is 3. The summed E-state index contributed by atoms with van der Waals surface area (Å²) in [6.07, 6.45) is 1.65. The SMILES string of the molecule is C=CCN1C(=O)/C(=c2\sc3n(c2=O)[C@@H](c2ccccc2)C(C(=O)OC)=C(C)N=3)c2ccccc21. The van der Waals surface area contributed by atoms with Gasteiger partial charge in [0.25, 0.3) is 11.5 Å². The number of allylic oxidation sites excluding steroid dienone is 1. The van der Waals surface area contributed by atoms with Crippen molar-refractivity contribution >= 4 is 34.5 Å². The van der Waals surface area contributed by atoms with Crippen molar-refractivity contribution in [3.05, 3.63) is 109 Å². The molecule has 0 spiro atoms. The minimum atomic E-state index is -0.713. The molecule has 1 amide bonds. The number of benzene rings is 2. The number of hydrogen-bond acceptors (Lipinski definition) is 6. The van der Waals surface area contributed by atoms with Crippen molar-refractivity contribution < 1.29 is 14.3 Å². The topological polar surface area (TPSA) is 81.0 Å². The lowest BCUT2D eigenvalue weighted by Gasteiger charge is -2.24. The molecule has 5 rings (SSSR count). The molecular formula is C26H21N3O4S. The second-order valence-corrected chi connectivity index (χ2v) is 8.88. The summed E-state index contributed by atoms with van der Waals surface area (Å²) in [4.78, 5) is 46.7. The minimum absolute atomic E-state index is 0.258. The molecule has 2 aromatic carbocycles. The van der Waals surface area contributed by atoms with Gasteiger partial charge in [0.05, 0.1) is 35.7 Å². The van der Waals surface area contributed by atoms with Gasteiger partial charge in [0.2, 0.25) is 0 Å². The van der Waals surface area contributed by atoms with Crippen molar-refractivity contribution in [2.24, 2.45) is 4.99 Å². The summed E-state index contributed by atoms with van der Waals surface area (Å²) in [6.45, 7) is 5.81. The maximum Gasteiger partial charge on any atom is 0.338 e. The van der Waals surface area contributed by atoms with Crippen molar-refractivity contribution in [3.8, 4) is 0 Å². The van der Waals surface area contributed by atoms with Gasteiger partial charge in [-0.25, -0.2) is 9.79 Å². The number of anilines is 1. The second kappa shape index (κ2) is 8.39. The monoisotopic (exact) mass is 471 g/mol. The van der Waals surface area contributed by atoms with Crippen molar-refractivity contribution in [2.45, 2.75) is 13.0 Å². The lowest BCUT2D eigenvalue weighted by atomic mass is 9.96. The lowest BCUT2D eigenvalue weighted by molar-refractivity contribution is -0.136. The second-order valence-electron chi connectivity index (χ2n) is 7.90. The fraction of sp³-hybridized carbons (Fsp3) is 0.154. The summed E-state index contributed by atoms with van der Waals surface area (Å²) in [5.41, 5.74) is 2.92. The van der Waals surface area contributed by atoms with Crippen LogP contribution in [0.3, 0.4) is 0 Å². The molecule has 3 aromatic rings. The third-order valence-corrected chi connectivity index (χ3v) is 7.03. The Labute approximate surface area is 199 Å². The zero-order valence-corrected chi connectivity index (χ0v) is 19.5. The first-order valence-corrected chi connectivity index (χ1v) is 11.5. The van der Waals surface area contributed by atoms with Crippen LogP contribution in [0.4, 0.5) is 5.69 Å². The van der Waals surface area contributed by atoms with Crippen LogP contribution in [0.25, 0.3) is 5.57 Å². The zero-order valence-electron chi connectivity index (χ0n) is 18.6. The largest absolute Gasteiger partial charge is 0.466 e. The maximum atomic E-state index is 13.9. The zero-order chi connectivity index (χ0) is 24.0. The molecule has 170 valence electrons. The summed E-state index contributed by atoms with van der Waals surface area (Å²) in [5.74, 6) is -0.806. The number of para-hydroxylation sites is 1. The summed E-state index contributed by atoms with van der Waals surface area (Å²) in [7, 11) is 1.31. The quantitative estimate of drug-likeness (QED) is 0.432. The molecule has 7 nitrogen and oxygen atoms in total. The normalized spacial score (nSPS) is 18.4. The maximum absolute atomic E-state index is 13.9. The van der Waals surface area contributed by atoms with Gasteiger partial charge in [-0.15, -0.1) is 6.58 Å². The highest BCUT2D eigenvalue weighted by Crippen LogP contribution is 2.35. The Hall–Kier alpha value is -4.04. The highest BCUT2D eigenvalue weighted by molar-refractivity contribution is 7.07. The summed E-state index contributed by atoms with van der Waals surface area (Å²) in [5, 5.41) is 0. The van der Waals surface area contributed by atoms with Gasteiger partial charge in [0, 0.05) is 12.1 Å². The van der Waals surface area contributed by atoms with Gasteiger partial charge in [0.1, 0.15) is 4.53 Å². The van der Waals surface area contributed by atoms with Gasteiger partial charge in [-0.05, 0) is 18.6 Å². The van der Waals surface area contributed by atoms with E-state index in [2.05, 4.69) is 11.6 Å². The molecule has 0 radical (unpaired) electrons. The van der Waals surface area contributed by atoms with E-state index in [9.17, 15) is 14.4 Å². The van der Waals surface area contributed by atoms with Gasteiger partial charge < -0.3 is 9.64 Å². The Kier molecular flexibility index (Phi) is 5.37. The Morgan fingerprint density at radius 1 is 1.15 bits per heavy atom. The number of carbonyl (C=O) groups is 2. The molecule has 0 aliphatic carbocycles. The van der Waals surface area contributed by atoms with Gasteiger partial charge in [-0.1, -0.05) is 65.9 Å². The summed E-state index contributed by atoms with van der Waals surface area (Å²) < 4.78 is 6.82. The first kappa shape index (κ1) is 21.8. The highest BCUT2D eigenvalue weighted by Gasteiger charge is 2.36. The van der Waals surface area contributed by atoms with Gasteiger partial charge in [-0.2, -0.15) is 0 Å². The number of aromatic nitrogens is 1. The molecule has 2 aliphatic rings. The molecule has 34 heavy (non-hydrogen) atoms. The van der Waals surface area contributed by atoms with Crippen LogP contribution in [0.2, 0.25) is 0 Å². The van der Waals surface area contributed by atoms with E-state index in [1.54, 1.807) is 17.9 Å². The van der Waals surface area contributed by atoms with E-state index in [1.165, 1.54) is 11.7 Å². The number of methoxy groups -OCH3 is 1. The van der Waals surface area contributed by atoms with Crippen molar-refractivity contribution in [3.63, 3.8) is 0 Å². The number of fused-ring (bicyclic) bond motifs is 2. The van der Waals surface area contributed by atoms with E-state index in [1.807, 2.05) is 54.6 Å². The van der Waals surface area contributed by atoms with E-state index in [-0.39, 0.29) is 11.5 Å². The number of ether oxygens (including phenoxy) is 1. The molecule has 1 aromatic heterocycles. The van der Waals surface area contributed by atoms with Crippen molar-refractivity contribution in [2.75, 3.05) is 18.6 Å². The predicted octanol–water partition coefficient (Wildman–Crippen LogP) is 2.31.